The highest BCUT2D eigenvalue weighted by Crippen LogP contribution is 2.26. The molecule has 39 heavy (non-hydrogen) atoms. The van der Waals surface area contributed by atoms with Crippen LogP contribution in [0.4, 0.5) is 11.5 Å². The molecule has 1 N–H and O–H groups in total. The Labute approximate surface area is 227 Å². The van der Waals surface area contributed by atoms with Crippen LogP contribution >= 0.6 is 0 Å². The first kappa shape index (κ1) is 27.3. The van der Waals surface area contributed by atoms with Gasteiger partial charge < -0.3 is 10.2 Å². The lowest BCUT2D eigenvalue weighted by Crippen LogP contribution is -2.37. The third kappa shape index (κ3) is 6.75. The number of nitro benzene ring substituents is 1. The van der Waals surface area contributed by atoms with Crippen LogP contribution in [0, 0.1) is 17.0 Å². The number of nitro groups is 1. The average molecular weight is 526 g/mol. The van der Waals surface area contributed by atoms with E-state index in [4.69, 9.17) is 5.10 Å². The van der Waals surface area contributed by atoms with E-state index in [-0.39, 0.29) is 29.8 Å². The fourth-order valence-electron chi connectivity index (χ4n) is 3.99. The minimum absolute atomic E-state index is 0.113. The molecular weight excluding hydrogens is 494 g/mol. The Balaban J connectivity index is 1.61. The predicted molar refractivity (Wildman–Crippen MR) is 150 cm³/mol. The van der Waals surface area contributed by atoms with Crippen molar-refractivity contribution in [3.05, 3.63) is 117 Å². The minimum atomic E-state index is -0.521. The Bertz CT molecular complexity index is 1470. The first-order valence-electron chi connectivity index (χ1n) is 12.6. The summed E-state index contributed by atoms with van der Waals surface area (Å²) >= 11 is 0. The van der Waals surface area contributed by atoms with Crippen molar-refractivity contribution in [2.45, 2.75) is 39.7 Å². The number of amides is 2. The Morgan fingerprint density at radius 1 is 0.974 bits per heavy atom. The van der Waals surface area contributed by atoms with Crippen molar-refractivity contribution >= 4 is 23.3 Å². The van der Waals surface area contributed by atoms with E-state index in [9.17, 15) is 19.7 Å². The van der Waals surface area contributed by atoms with Crippen molar-refractivity contribution in [3.8, 4) is 5.69 Å². The summed E-state index contributed by atoms with van der Waals surface area (Å²) in [4.78, 5) is 38.7. The molecule has 0 aliphatic rings. The van der Waals surface area contributed by atoms with E-state index in [1.54, 1.807) is 4.68 Å². The molecule has 200 valence electrons. The van der Waals surface area contributed by atoms with Crippen LogP contribution in [-0.4, -0.2) is 38.0 Å². The van der Waals surface area contributed by atoms with Gasteiger partial charge in [0.2, 0.25) is 5.91 Å². The number of hydrogen-bond donors (Lipinski definition) is 1. The molecule has 3 aromatic carbocycles. The van der Waals surface area contributed by atoms with Gasteiger partial charge in [-0.1, -0.05) is 68.8 Å². The summed E-state index contributed by atoms with van der Waals surface area (Å²) < 4.78 is 1.69. The molecular formula is C30H31N5O4. The SMILES string of the molecule is Cc1ccc(-n2nc(C(C)(C)C)cc2NC(=O)CN(Cc2ccccc2)C(=O)c2ccc([N+](=O)[O-])cc2)cc1. The van der Waals surface area contributed by atoms with Crippen molar-refractivity contribution in [2.24, 2.45) is 0 Å². The maximum absolute atomic E-state index is 13.4. The van der Waals surface area contributed by atoms with E-state index in [1.165, 1.54) is 29.2 Å². The number of hydrogen-bond acceptors (Lipinski definition) is 5. The number of aromatic nitrogens is 2. The molecule has 9 heteroatoms. The van der Waals surface area contributed by atoms with Crippen LogP contribution in [0.3, 0.4) is 0 Å². The van der Waals surface area contributed by atoms with Gasteiger partial charge in [0.05, 0.1) is 16.3 Å². The maximum Gasteiger partial charge on any atom is 0.269 e. The van der Waals surface area contributed by atoms with E-state index >= 15 is 0 Å². The number of non-ortho nitro benzene ring substituents is 1. The van der Waals surface area contributed by atoms with Crippen molar-refractivity contribution in [3.63, 3.8) is 0 Å². The number of anilines is 1. The van der Waals surface area contributed by atoms with Gasteiger partial charge in [-0.15, -0.1) is 0 Å². The van der Waals surface area contributed by atoms with Crippen LogP contribution in [0.2, 0.25) is 0 Å². The Hall–Kier alpha value is -4.79. The van der Waals surface area contributed by atoms with Gasteiger partial charge in [0.1, 0.15) is 12.4 Å². The zero-order valence-electron chi connectivity index (χ0n) is 22.4. The maximum atomic E-state index is 13.4. The molecule has 0 spiro atoms. The van der Waals surface area contributed by atoms with Crippen LogP contribution in [0.5, 0.6) is 0 Å². The highest BCUT2D eigenvalue weighted by Gasteiger charge is 2.24. The zero-order chi connectivity index (χ0) is 28.2. The fraction of sp³-hybridized carbons (Fsp3) is 0.233. The van der Waals surface area contributed by atoms with E-state index < -0.39 is 16.7 Å². The zero-order valence-corrected chi connectivity index (χ0v) is 22.4. The quantitative estimate of drug-likeness (QED) is 0.235. The third-order valence-electron chi connectivity index (χ3n) is 6.19. The molecule has 0 bridgehead atoms. The van der Waals surface area contributed by atoms with E-state index in [0.29, 0.717) is 5.82 Å². The first-order valence-corrected chi connectivity index (χ1v) is 12.6. The van der Waals surface area contributed by atoms with Gasteiger partial charge in [0.15, 0.2) is 0 Å². The van der Waals surface area contributed by atoms with E-state index in [0.717, 1.165) is 22.5 Å². The molecule has 9 nitrogen and oxygen atoms in total. The van der Waals surface area contributed by atoms with E-state index in [1.807, 2.05) is 88.4 Å². The molecule has 4 aromatic rings. The van der Waals surface area contributed by atoms with Crippen LogP contribution in [0.1, 0.15) is 48.0 Å². The summed E-state index contributed by atoms with van der Waals surface area (Å²) in [6.07, 6.45) is 0. The van der Waals surface area contributed by atoms with Crippen LogP contribution in [0.25, 0.3) is 5.69 Å². The number of benzene rings is 3. The lowest BCUT2D eigenvalue weighted by molar-refractivity contribution is -0.384. The van der Waals surface area contributed by atoms with Gasteiger partial charge in [-0.3, -0.25) is 19.7 Å². The second-order valence-electron chi connectivity index (χ2n) is 10.4. The standard InChI is InChI=1S/C30H31N5O4/c1-21-10-14-24(15-11-21)34-27(18-26(32-34)30(2,3)4)31-28(36)20-33(19-22-8-6-5-7-9-22)29(37)23-12-16-25(17-13-23)35(38)39/h5-18H,19-20H2,1-4H3,(H,31,36). The van der Waals surface area contributed by atoms with Crippen LogP contribution < -0.4 is 5.32 Å². The van der Waals surface area contributed by atoms with Crippen molar-refractivity contribution in [1.29, 1.82) is 0 Å². The summed E-state index contributed by atoms with van der Waals surface area (Å²) in [5.41, 5.74) is 3.45. The number of nitrogens with zero attached hydrogens (tertiary/aromatic N) is 4. The Kier molecular flexibility index (Phi) is 7.90. The molecule has 1 heterocycles. The molecule has 4 rings (SSSR count). The summed E-state index contributed by atoms with van der Waals surface area (Å²) in [7, 11) is 0. The van der Waals surface area contributed by atoms with Gasteiger partial charge in [-0.2, -0.15) is 5.10 Å². The molecule has 0 aliphatic carbocycles. The monoisotopic (exact) mass is 525 g/mol. The molecule has 0 aliphatic heterocycles. The number of nitrogens with one attached hydrogen (secondary N) is 1. The topological polar surface area (TPSA) is 110 Å². The van der Waals surface area contributed by atoms with Crippen LogP contribution in [-0.2, 0) is 16.8 Å². The Morgan fingerprint density at radius 2 is 1.62 bits per heavy atom. The summed E-state index contributed by atoms with van der Waals surface area (Å²) in [6, 6.07) is 24.4. The summed E-state index contributed by atoms with van der Waals surface area (Å²) in [5.74, 6) is -0.308. The van der Waals surface area contributed by atoms with Gasteiger partial charge in [-0.25, -0.2) is 4.68 Å². The van der Waals surface area contributed by atoms with Crippen LogP contribution in [0.15, 0.2) is 84.9 Å². The molecule has 2 amide bonds. The molecule has 0 unspecified atom stereocenters. The lowest BCUT2D eigenvalue weighted by atomic mass is 9.92. The largest absolute Gasteiger partial charge is 0.325 e. The van der Waals surface area contributed by atoms with E-state index in [2.05, 4.69) is 5.32 Å². The normalized spacial score (nSPS) is 11.2. The van der Waals surface area contributed by atoms with Crippen molar-refractivity contribution < 1.29 is 14.5 Å². The van der Waals surface area contributed by atoms with Crippen molar-refractivity contribution in [2.75, 3.05) is 11.9 Å². The average Bonchev–Trinajstić information content (AvgIpc) is 3.33. The highest BCUT2D eigenvalue weighted by atomic mass is 16.6. The smallest absolute Gasteiger partial charge is 0.269 e. The molecule has 0 fully saturated rings. The highest BCUT2D eigenvalue weighted by molar-refractivity contribution is 5.99. The van der Waals surface area contributed by atoms with Gasteiger partial charge in [-0.05, 0) is 36.8 Å². The molecule has 0 saturated carbocycles. The summed E-state index contributed by atoms with van der Waals surface area (Å²) in [5, 5.41) is 18.7. The van der Waals surface area contributed by atoms with Crippen molar-refractivity contribution in [1.82, 2.24) is 14.7 Å². The third-order valence-corrected chi connectivity index (χ3v) is 6.19. The minimum Gasteiger partial charge on any atom is -0.325 e. The molecule has 0 radical (unpaired) electrons. The number of rotatable bonds is 8. The van der Waals surface area contributed by atoms with Gasteiger partial charge >= 0.3 is 0 Å². The second-order valence-corrected chi connectivity index (χ2v) is 10.4. The first-order chi connectivity index (χ1) is 18.5. The molecule has 0 saturated heterocycles. The fourth-order valence-corrected chi connectivity index (χ4v) is 3.99. The lowest BCUT2D eigenvalue weighted by Gasteiger charge is -2.22. The van der Waals surface area contributed by atoms with Gasteiger partial charge in [0.25, 0.3) is 11.6 Å². The molecule has 1 aromatic heterocycles. The van der Waals surface area contributed by atoms with Gasteiger partial charge in [0, 0.05) is 35.7 Å². The predicted octanol–water partition coefficient (Wildman–Crippen LogP) is 5.67. The molecule has 0 atom stereocenters. The second kappa shape index (κ2) is 11.3. The summed E-state index contributed by atoms with van der Waals surface area (Å²) in [6.45, 7) is 8.10. The number of carbonyl (C=O) groups is 2. The number of aryl methyl sites for hydroxylation is 1. The Morgan fingerprint density at radius 3 is 2.21 bits per heavy atom. The number of carbonyl (C=O) groups excluding carboxylic acids is 2.